The molecule has 1 N–H and O–H groups in total. The Morgan fingerprint density at radius 2 is 1.97 bits per heavy atom. The van der Waals surface area contributed by atoms with E-state index in [2.05, 4.69) is 10.3 Å². The molecular weight excluding hydrogens is 376 g/mol. The summed E-state index contributed by atoms with van der Waals surface area (Å²) in [5.41, 5.74) is 0.951. The molecule has 10 heteroatoms. The predicted molar refractivity (Wildman–Crippen MR) is 109 cm³/mol. The highest BCUT2D eigenvalue weighted by molar-refractivity contribution is 6.23. The van der Waals surface area contributed by atoms with E-state index in [-0.39, 0.29) is 12.3 Å². The summed E-state index contributed by atoms with van der Waals surface area (Å²) < 4.78 is 4.26. The molecule has 1 unspecified atom stereocenters. The van der Waals surface area contributed by atoms with E-state index in [9.17, 15) is 19.2 Å². The van der Waals surface area contributed by atoms with Gasteiger partial charge in [-0.2, -0.15) is 4.98 Å². The van der Waals surface area contributed by atoms with Crippen molar-refractivity contribution >= 4 is 29.3 Å². The molecule has 0 spiro atoms. The summed E-state index contributed by atoms with van der Waals surface area (Å²) in [6.07, 6.45) is 3.81. The summed E-state index contributed by atoms with van der Waals surface area (Å²) in [5, 5.41) is 2.69. The van der Waals surface area contributed by atoms with Gasteiger partial charge in [-0.15, -0.1) is 0 Å². The van der Waals surface area contributed by atoms with Gasteiger partial charge in [-0.1, -0.05) is 11.6 Å². The number of nitrogens with zero attached hydrogens (tertiary/aromatic N) is 5. The summed E-state index contributed by atoms with van der Waals surface area (Å²) in [4.78, 5) is 54.0. The van der Waals surface area contributed by atoms with Crippen molar-refractivity contribution in [1.82, 2.24) is 24.0 Å². The highest BCUT2D eigenvalue weighted by Crippen LogP contribution is 2.23. The van der Waals surface area contributed by atoms with Crippen molar-refractivity contribution in [3.05, 3.63) is 32.5 Å². The van der Waals surface area contributed by atoms with E-state index in [4.69, 9.17) is 0 Å². The van der Waals surface area contributed by atoms with Crippen LogP contribution in [0.1, 0.15) is 26.7 Å². The number of allylic oxidation sites excluding steroid dienone is 2. The molecule has 0 radical (unpaired) electrons. The van der Waals surface area contributed by atoms with Gasteiger partial charge in [-0.3, -0.25) is 23.5 Å². The lowest BCUT2D eigenvalue weighted by Crippen LogP contribution is -2.48. The molecule has 0 saturated carbocycles. The summed E-state index contributed by atoms with van der Waals surface area (Å²) in [7, 11) is 3.05. The second kappa shape index (κ2) is 8.06. The third kappa shape index (κ3) is 3.87. The fraction of sp³-hybridized carbons (Fsp3) is 0.526. The van der Waals surface area contributed by atoms with Crippen LogP contribution in [-0.2, 0) is 30.2 Å². The van der Waals surface area contributed by atoms with E-state index < -0.39 is 17.2 Å². The summed E-state index contributed by atoms with van der Waals surface area (Å²) in [6, 6.07) is -0.190. The predicted octanol–water partition coefficient (Wildman–Crippen LogP) is -0.316. The van der Waals surface area contributed by atoms with Crippen LogP contribution in [0.2, 0.25) is 0 Å². The van der Waals surface area contributed by atoms with E-state index >= 15 is 0 Å². The highest BCUT2D eigenvalue weighted by atomic mass is 16.2. The largest absolute Gasteiger partial charge is 0.345 e. The number of aryl methyl sites for hydroxylation is 1. The van der Waals surface area contributed by atoms with Crippen LogP contribution in [0.25, 0.3) is 11.2 Å². The molecule has 3 heterocycles. The van der Waals surface area contributed by atoms with Crippen molar-refractivity contribution in [1.29, 1.82) is 0 Å². The maximum absolute atomic E-state index is 12.9. The van der Waals surface area contributed by atoms with Crippen LogP contribution in [0.15, 0.2) is 21.2 Å². The number of amides is 1. The van der Waals surface area contributed by atoms with Crippen molar-refractivity contribution in [3.63, 3.8) is 0 Å². The average molecular weight is 402 g/mol. The molecule has 10 nitrogen and oxygen atoms in total. The third-order valence-electron chi connectivity index (χ3n) is 5.17. The van der Waals surface area contributed by atoms with Crippen LogP contribution in [0.5, 0.6) is 0 Å². The van der Waals surface area contributed by atoms with Crippen LogP contribution in [0, 0.1) is 0 Å². The number of carbonyl (C=O) groups excluding carboxylic acids is 2. The van der Waals surface area contributed by atoms with Gasteiger partial charge in [0.2, 0.25) is 12.2 Å². The molecule has 1 aliphatic rings. The lowest BCUT2D eigenvalue weighted by Gasteiger charge is -2.33. The Labute approximate surface area is 167 Å². The normalized spacial score (nSPS) is 16.7. The number of fused-ring (bicyclic) bond motifs is 1. The lowest BCUT2D eigenvalue weighted by atomic mass is 10.1. The first-order valence-corrected chi connectivity index (χ1v) is 9.54. The van der Waals surface area contributed by atoms with Crippen LogP contribution in [-0.4, -0.2) is 50.0 Å². The van der Waals surface area contributed by atoms with Gasteiger partial charge in [-0.05, 0) is 26.7 Å². The first-order chi connectivity index (χ1) is 13.7. The minimum atomic E-state index is -0.647. The molecule has 2 aromatic rings. The van der Waals surface area contributed by atoms with Gasteiger partial charge in [-0.25, -0.2) is 4.79 Å². The van der Waals surface area contributed by atoms with Gasteiger partial charge < -0.3 is 14.8 Å². The molecular formula is C19H26N6O4. The standard InChI is InChI=1S/C19H26N6O4/c1-12(2)7-9-25-15-16(22(3)19(29)23(4)17(15)28)21-18(25)24-8-5-6-13(10-24)20-14(27)11-26/h7,11,13H,5-6,8-10H2,1-4H3,(H,20,27). The first-order valence-electron chi connectivity index (χ1n) is 9.54. The smallest absolute Gasteiger partial charge is 0.332 e. The first kappa shape index (κ1) is 20.6. The molecule has 2 aromatic heterocycles. The SMILES string of the molecule is CC(C)=CCn1c(N2CCCC(NC(=O)C=O)C2)nc2c1c(=O)n(C)c(=O)n2C. The second-order valence-electron chi connectivity index (χ2n) is 7.59. The zero-order valence-corrected chi connectivity index (χ0v) is 17.1. The van der Waals surface area contributed by atoms with E-state index in [0.29, 0.717) is 36.7 Å². The van der Waals surface area contributed by atoms with E-state index in [1.54, 1.807) is 7.05 Å². The maximum atomic E-state index is 12.9. The Balaban J connectivity index is 2.13. The number of imidazole rings is 1. The quantitative estimate of drug-likeness (QED) is 0.417. The average Bonchev–Trinajstić information content (AvgIpc) is 3.09. The van der Waals surface area contributed by atoms with Crippen molar-refractivity contribution in [3.8, 4) is 0 Å². The molecule has 0 aromatic carbocycles. The molecule has 1 amide bonds. The number of aldehydes is 1. The van der Waals surface area contributed by atoms with Crippen LogP contribution < -0.4 is 21.5 Å². The van der Waals surface area contributed by atoms with Crippen LogP contribution in [0.3, 0.4) is 0 Å². The van der Waals surface area contributed by atoms with Gasteiger partial charge in [0, 0.05) is 39.8 Å². The molecule has 1 atom stereocenters. The fourth-order valence-corrected chi connectivity index (χ4v) is 3.64. The Hall–Kier alpha value is -3.17. The Kier molecular flexibility index (Phi) is 5.71. The molecule has 3 rings (SSSR count). The van der Waals surface area contributed by atoms with Crippen LogP contribution in [0.4, 0.5) is 5.95 Å². The molecule has 156 valence electrons. The minimum absolute atomic E-state index is 0.190. The molecule has 29 heavy (non-hydrogen) atoms. The van der Waals surface area contributed by atoms with Gasteiger partial charge in [0.1, 0.15) is 0 Å². The van der Waals surface area contributed by atoms with Gasteiger partial charge in [0.25, 0.3) is 11.5 Å². The summed E-state index contributed by atoms with van der Waals surface area (Å²) in [6.45, 7) is 5.53. The molecule has 0 bridgehead atoms. The number of anilines is 1. The molecule has 1 saturated heterocycles. The minimum Gasteiger partial charge on any atom is -0.345 e. The molecule has 0 aliphatic carbocycles. The topological polar surface area (TPSA) is 111 Å². The lowest BCUT2D eigenvalue weighted by molar-refractivity contribution is -0.131. The van der Waals surface area contributed by atoms with E-state index in [0.717, 1.165) is 23.0 Å². The van der Waals surface area contributed by atoms with Crippen molar-refractivity contribution in [2.45, 2.75) is 39.3 Å². The van der Waals surface area contributed by atoms with Crippen molar-refractivity contribution < 1.29 is 9.59 Å². The highest BCUT2D eigenvalue weighted by Gasteiger charge is 2.27. The number of aromatic nitrogens is 4. The Morgan fingerprint density at radius 3 is 2.62 bits per heavy atom. The van der Waals surface area contributed by atoms with Gasteiger partial charge in [0.05, 0.1) is 0 Å². The fourth-order valence-electron chi connectivity index (χ4n) is 3.64. The summed E-state index contributed by atoms with van der Waals surface area (Å²) >= 11 is 0. The zero-order chi connectivity index (χ0) is 21.3. The number of nitrogens with one attached hydrogen (secondary N) is 1. The number of rotatable bonds is 5. The summed E-state index contributed by atoms with van der Waals surface area (Å²) in [5.74, 6) is -0.0768. The van der Waals surface area contributed by atoms with E-state index in [1.807, 2.05) is 29.4 Å². The Morgan fingerprint density at radius 1 is 1.24 bits per heavy atom. The monoisotopic (exact) mass is 402 g/mol. The van der Waals surface area contributed by atoms with Gasteiger partial charge >= 0.3 is 5.69 Å². The van der Waals surface area contributed by atoms with Crippen molar-refractivity contribution in [2.75, 3.05) is 18.0 Å². The number of piperidine rings is 1. The molecule has 1 aliphatic heterocycles. The van der Waals surface area contributed by atoms with Crippen molar-refractivity contribution in [2.24, 2.45) is 14.1 Å². The zero-order valence-electron chi connectivity index (χ0n) is 17.1. The van der Waals surface area contributed by atoms with E-state index in [1.165, 1.54) is 11.6 Å². The maximum Gasteiger partial charge on any atom is 0.332 e. The van der Waals surface area contributed by atoms with Gasteiger partial charge in [0.15, 0.2) is 11.2 Å². The third-order valence-corrected chi connectivity index (χ3v) is 5.17. The number of carbonyl (C=O) groups is 2. The second-order valence-corrected chi connectivity index (χ2v) is 7.59. The number of hydrogen-bond donors (Lipinski definition) is 1. The molecule has 1 fully saturated rings. The number of hydrogen-bond acceptors (Lipinski definition) is 6. The Bertz CT molecular complexity index is 1100. The van der Waals surface area contributed by atoms with Crippen LogP contribution >= 0.6 is 0 Å².